The minimum Gasteiger partial charge on any atom is -0.337 e. The van der Waals surface area contributed by atoms with E-state index < -0.39 is 0 Å². The lowest BCUT2D eigenvalue weighted by atomic mass is 10.1. The minimum atomic E-state index is 0.824. The highest BCUT2D eigenvalue weighted by atomic mass is 15.1. The van der Waals surface area contributed by atoms with Gasteiger partial charge in [-0.1, -0.05) is 36.4 Å². The van der Waals surface area contributed by atoms with Gasteiger partial charge in [0.2, 0.25) is 0 Å². The summed E-state index contributed by atoms with van der Waals surface area (Å²) in [4.78, 5) is 7.99. The van der Waals surface area contributed by atoms with Crippen LogP contribution in [0.25, 0.3) is 33.7 Å². The van der Waals surface area contributed by atoms with Crippen molar-refractivity contribution < 1.29 is 0 Å². The highest BCUT2D eigenvalue weighted by Gasteiger charge is 2.10. The van der Waals surface area contributed by atoms with E-state index in [0.29, 0.717) is 0 Å². The third-order valence-corrected chi connectivity index (χ3v) is 3.65. The fourth-order valence-electron chi connectivity index (χ4n) is 2.52. The summed E-state index contributed by atoms with van der Waals surface area (Å²) in [5, 5.41) is 7.03. The molecule has 0 aliphatic carbocycles. The Morgan fingerprint density at radius 2 is 1.81 bits per heavy atom. The molecule has 2 heterocycles. The molecule has 4 nitrogen and oxygen atoms in total. The van der Waals surface area contributed by atoms with E-state index in [1.807, 2.05) is 31.2 Å². The molecular formula is C17H14N4. The van der Waals surface area contributed by atoms with Gasteiger partial charge in [0.1, 0.15) is 5.69 Å². The molecule has 0 atom stereocenters. The number of aromatic amines is 2. The highest BCUT2D eigenvalue weighted by Crippen LogP contribution is 2.26. The van der Waals surface area contributed by atoms with E-state index in [4.69, 9.17) is 0 Å². The molecule has 0 spiro atoms. The SMILES string of the molecule is Cc1cn[nH]c1-c1nc2ccc(-c3ccccc3)cc2[nH]1. The Balaban J connectivity index is 1.84. The van der Waals surface area contributed by atoms with Crippen molar-refractivity contribution in [3.63, 3.8) is 0 Å². The van der Waals surface area contributed by atoms with Crippen LogP contribution in [0.3, 0.4) is 0 Å². The summed E-state index contributed by atoms with van der Waals surface area (Å²) < 4.78 is 0. The second-order valence-electron chi connectivity index (χ2n) is 5.11. The summed E-state index contributed by atoms with van der Waals surface area (Å²) in [5.74, 6) is 0.824. The van der Waals surface area contributed by atoms with Crippen molar-refractivity contribution in [2.75, 3.05) is 0 Å². The number of rotatable bonds is 2. The topological polar surface area (TPSA) is 57.4 Å². The summed E-state index contributed by atoms with van der Waals surface area (Å²) in [7, 11) is 0. The number of hydrogen-bond donors (Lipinski definition) is 2. The maximum absolute atomic E-state index is 4.62. The molecule has 0 saturated carbocycles. The summed E-state index contributed by atoms with van der Waals surface area (Å²) >= 11 is 0. The third kappa shape index (κ3) is 2.01. The standard InChI is InChI=1S/C17H14N4/c1-11-10-18-21-16(11)17-19-14-8-7-13(9-15(14)20-17)12-5-3-2-4-6-12/h2-10H,1H3,(H,18,21)(H,19,20). The third-order valence-electron chi connectivity index (χ3n) is 3.65. The van der Waals surface area contributed by atoms with Gasteiger partial charge in [0.25, 0.3) is 0 Å². The number of benzene rings is 2. The first-order valence-electron chi connectivity index (χ1n) is 6.87. The molecule has 0 bridgehead atoms. The molecule has 102 valence electrons. The molecular weight excluding hydrogens is 260 g/mol. The first-order chi connectivity index (χ1) is 10.3. The molecule has 0 amide bonds. The molecule has 0 saturated heterocycles. The second kappa shape index (κ2) is 4.59. The van der Waals surface area contributed by atoms with E-state index in [-0.39, 0.29) is 0 Å². The van der Waals surface area contributed by atoms with Crippen LogP contribution in [0.1, 0.15) is 5.56 Å². The number of aryl methyl sites for hydroxylation is 1. The number of H-pyrrole nitrogens is 2. The van der Waals surface area contributed by atoms with Crippen LogP contribution in [0.2, 0.25) is 0 Å². The summed E-state index contributed by atoms with van der Waals surface area (Å²) in [6, 6.07) is 16.6. The average molecular weight is 274 g/mol. The van der Waals surface area contributed by atoms with Gasteiger partial charge >= 0.3 is 0 Å². The number of fused-ring (bicyclic) bond motifs is 1. The molecule has 4 rings (SSSR count). The van der Waals surface area contributed by atoms with E-state index in [1.165, 1.54) is 11.1 Å². The predicted molar refractivity (Wildman–Crippen MR) is 83.8 cm³/mol. The predicted octanol–water partition coefficient (Wildman–Crippen LogP) is 3.93. The lowest BCUT2D eigenvalue weighted by molar-refractivity contribution is 1.08. The van der Waals surface area contributed by atoms with Gasteiger partial charge in [-0.05, 0) is 35.7 Å². The van der Waals surface area contributed by atoms with Crippen LogP contribution in [0, 0.1) is 6.92 Å². The molecule has 2 N–H and O–H groups in total. The molecule has 0 aliphatic heterocycles. The van der Waals surface area contributed by atoms with Crippen LogP contribution >= 0.6 is 0 Å². The van der Waals surface area contributed by atoms with Gasteiger partial charge in [0, 0.05) is 0 Å². The highest BCUT2D eigenvalue weighted by molar-refractivity contribution is 5.84. The summed E-state index contributed by atoms with van der Waals surface area (Å²) in [6.45, 7) is 2.02. The van der Waals surface area contributed by atoms with E-state index in [9.17, 15) is 0 Å². The Kier molecular flexibility index (Phi) is 2.60. The van der Waals surface area contributed by atoms with Gasteiger partial charge in [-0.15, -0.1) is 0 Å². The van der Waals surface area contributed by atoms with Gasteiger partial charge in [-0.2, -0.15) is 5.10 Å². The lowest BCUT2D eigenvalue weighted by Gasteiger charge is -2.00. The zero-order valence-electron chi connectivity index (χ0n) is 11.6. The van der Waals surface area contributed by atoms with Crippen molar-refractivity contribution in [3.05, 3.63) is 60.3 Å². The van der Waals surface area contributed by atoms with Crippen molar-refractivity contribution in [1.82, 2.24) is 20.2 Å². The van der Waals surface area contributed by atoms with Crippen molar-refractivity contribution in [2.24, 2.45) is 0 Å². The Labute approximate surface area is 121 Å². The zero-order valence-corrected chi connectivity index (χ0v) is 11.6. The first kappa shape index (κ1) is 11.9. The average Bonchev–Trinajstić information content (AvgIpc) is 3.12. The fraction of sp³-hybridized carbons (Fsp3) is 0.0588. The van der Waals surface area contributed by atoms with E-state index >= 15 is 0 Å². The van der Waals surface area contributed by atoms with Crippen LogP contribution in [0.15, 0.2) is 54.7 Å². The Morgan fingerprint density at radius 1 is 0.952 bits per heavy atom. The van der Waals surface area contributed by atoms with Gasteiger partial charge in [0.15, 0.2) is 5.82 Å². The maximum Gasteiger partial charge on any atom is 0.156 e. The second-order valence-corrected chi connectivity index (χ2v) is 5.11. The van der Waals surface area contributed by atoms with Crippen molar-refractivity contribution >= 4 is 11.0 Å². The monoisotopic (exact) mass is 274 g/mol. The van der Waals surface area contributed by atoms with Crippen LogP contribution in [0.4, 0.5) is 0 Å². The zero-order chi connectivity index (χ0) is 14.2. The number of hydrogen-bond acceptors (Lipinski definition) is 2. The molecule has 0 unspecified atom stereocenters. The van der Waals surface area contributed by atoms with Gasteiger partial charge < -0.3 is 4.98 Å². The quantitative estimate of drug-likeness (QED) is 0.582. The first-order valence-corrected chi connectivity index (χ1v) is 6.87. The molecule has 4 aromatic rings. The minimum absolute atomic E-state index is 0.824. The Hall–Kier alpha value is -2.88. The van der Waals surface area contributed by atoms with Crippen LogP contribution in [-0.4, -0.2) is 20.2 Å². The fourth-order valence-corrected chi connectivity index (χ4v) is 2.52. The Bertz CT molecular complexity index is 903. The molecule has 0 aliphatic rings. The van der Waals surface area contributed by atoms with Gasteiger partial charge in [-0.3, -0.25) is 5.10 Å². The molecule has 4 heteroatoms. The van der Waals surface area contributed by atoms with E-state index in [0.717, 1.165) is 28.1 Å². The van der Waals surface area contributed by atoms with Gasteiger partial charge in [-0.25, -0.2) is 4.98 Å². The summed E-state index contributed by atoms with van der Waals surface area (Å²) in [6.07, 6.45) is 1.80. The Morgan fingerprint density at radius 3 is 2.57 bits per heavy atom. The molecule has 2 aromatic carbocycles. The molecule has 0 fully saturated rings. The normalized spacial score (nSPS) is 11.1. The van der Waals surface area contributed by atoms with E-state index in [2.05, 4.69) is 44.4 Å². The lowest BCUT2D eigenvalue weighted by Crippen LogP contribution is -1.82. The van der Waals surface area contributed by atoms with Crippen LogP contribution < -0.4 is 0 Å². The molecule has 0 radical (unpaired) electrons. The van der Waals surface area contributed by atoms with E-state index in [1.54, 1.807) is 6.20 Å². The van der Waals surface area contributed by atoms with Crippen LogP contribution in [-0.2, 0) is 0 Å². The largest absolute Gasteiger partial charge is 0.337 e. The maximum atomic E-state index is 4.62. The molecule has 21 heavy (non-hydrogen) atoms. The number of nitrogens with one attached hydrogen (secondary N) is 2. The number of nitrogens with zero attached hydrogens (tertiary/aromatic N) is 2. The summed E-state index contributed by atoms with van der Waals surface area (Å²) in [5.41, 5.74) is 6.39. The van der Waals surface area contributed by atoms with Crippen LogP contribution in [0.5, 0.6) is 0 Å². The van der Waals surface area contributed by atoms with Crippen molar-refractivity contribution in [1.29, 1.82) is 0 Å². The number of aromatic nitrogens is 4. The number of imidazole rings is 1. The smallest absolute Gasteiger partial charge is 0.156 e. The molecule has 2 aromatic heterocycles. The van der Waals surface area contributed by atoms with Crippen molar-refractivity contribution in [3.8, 4) is 22.6 Å². The van der Waals surface area contributed by atoms with Gasteiger partial charge in [0.05, 0.1) is 17.2 Å². The van der Waals surface area contributed by atoms with Crippen molar-refractivity contribution in [2.45, 2.75) is 6.92 Å².